The van der Waals surface area contributed by atoms with E-state index >= 15 is 0 Å². The number of aliphatic carboxylic acids is 2. The zero-order valence-electron chi connectivity index (χ0n) is 17.6. The average molecular weight is 476 g/mol. The molecule has 16 heteroatoms. The van der Waals surface area contributed by atoms with Crippen LogP contribution in [0.2, 0.25) is 0 Å². The van der Waals surface area contributed by atoms with E-state index in [2.05, 4.69) is 5.32 Å². The highest BCUT2D eigenvalue weighted by atomic mass is 16.4. The first kappa shape index (κ1) is 29.2. The van der Waals surface area contributed by atoms with Gasteiger partial charge in [0.1, 0.15) is 24.2 Å². The molecule has 5 atom stereocenters. The molecule has 0 aromatic carbocycles. The lowest BCUT2D eigenvalue weighted by Gasteiger charge is -2.24. The molecular weight excluding hydrogens is 448 g/mol. The number of carbonyl (C=O) groups excluding carboxylic acids is 5. The summed E-state index contributed by atoms with van der Waals surface area (Å²) in [4.78, 5) is 81.6. The monoisotopic (exact) mass is 476 g/mol. The van der Waals surface area contributed by atoms with Crippen LogP contribution in [0.3, 0.4) is 0 Å². The van der Waals surface area contributed by atoms with Crippen LogP contribution < -0.4 is 33.2 Å². The van der Waals surface area contributed by atoms with Crippen LogP contribution in [0.4, 0.5) is 0 Å². The van der Waals surface area contributed by atoms with Crippen LogP contribution in [0.15, 0.2) is 0 Å². The summed E-state index contributed by atoms with van der Waals surface area (Å²) in [6.07, 6.45) is -3.95. The summed E-state index contributed by atoms with van der Waals surface area (Å²) in [5.41, 5.74) is 15.6. The third-order valence-electron chi connectivity index (χ3n) is 4.16. The van der Waals surface area contributed by atoms with Gasteiger partial charge in [-0.05, 0) is 13.3 Å². The highest BCUT2D eigenvalue weighted by Gasteiger charge is 2.32. The van der Waals surface area contributed by atoms with Crippen LogP contribution in [0.1, 0.15) is 32.6 Å². The van der Waals surface area contributed by atoms with Gasteiger partial charge in [0.05, 0.1) is 18.9 Å². The second-order valence-corrected chi connectivity index (χ2v) is 7.06. The number of primary amides is 2. The van der Waals surface area contributed by atoms with Gasteiger partial charge in [-0.15, -0.1) is 0 Å². The number of carboxylic acids is 2. The maximum Gasteiger partial charge on any atom is 0.326 e. The zero-order valence-corrected chi connectivity index (χ0v) is 17.6. The first-order valence-electron chi connectivity index (χ1n) is 9.51. The van der Waals surface area contributed by atoms with Crippen LogP contribution >= 0.6 is 0 Å². The van der Waals surface area contributed by atoms with Gasteiger partial charge in [0.15, 0.2) is 0 Å². The minimum Gasteiger partial charge on any atom is -0.481 e. The second-order valence-electron chi connectivity index (χ2n) is 7.06. The average Bonchev–Trinajstić information content (AvgIpc) is 2.67. The van der Waals surface area contributed by atoms with Gasteiger partial charge >= 0.3 is 11.9 Å². The topological polar surface area (TPSA) is 294 Å². The number of nitrogens with one attached hydrogen (secondary N) is 3. The molecule has 0 saturated heterocycles. The molecule has 12 N–H and O–H groups in total. The Morgan fingerprint density at radius 1 is 0.758 bits per heavy atom. The molecule has 16 nitrogen and oxygen atoms in total. The fraction of sp³-hybridized carbons (Fsp3) is 0.588. The fourth-order valence-electron chi connectivity index (χ4n) is 2.38. The minimum atomic E-state index is -1.74. The lowest BCUT2D eigenvalue weighted by Crippen LogP contribution is -2.59. The van der Waals surface area contributed by atoms with E-state index in [-0.39, 0.29) is 0 Å². The van der Waals surface area contributed by atoms with E-state index in [1.807, 2.05) is 10.6 Å². The summed E-state index contributed by atoms with van der Waals surface area (Å²) < 4.78 is 0. The van der Waals surface area contributed by atoms with Crippen molar-refractivity contribution >= 4 is 41.5 Å². The van der Waals surface area contributed by atoms with Crippen LogP contribution in [0.25, 0.3) is 0 Å². The second kappa shape index (κ2) is 13.6. The van der Waals surface area contributed by atoms with Gasteiger partial charge in [-0.25, -0.2) is 4.79 Å². The molecule has 0 radical (unpaired) electrons. The smallest absolute Gasteiger partial charge is 0.326 e. The molecule has 33 heavy (non-hydrogen) atoms. The number of aliphatic hydroxyl groups is 1. The van der Waals surface area contributed by atoms with Gasteiger partial charge in [-0.2, -0.15) is 0 Å². The van der Waals surface area contributed by atoms with E-state index in [4.69, 9.17) is 27.4 Å². The molecule has 5 unspecified atom stereocenters. The summed E-state index contributed by atoms with van der Waals surface area (Å²) >= 11 is 0. The van der Waals surface area contributed by atoms with Crippen LogP contribution in [-0.4, -0.2) is 87.1 Å². The normalized spacial score (nSPS) is 15.1. The summed E-state index contributed by atoms with van der Waals surface area (Å²) in [5, 5.41) is 33.3. The van der Waals surface area contributed by atoms with Crippen molar-refractivity contribution in [3.63, 3.8) is 0 Å². The third kappa shape index (κ3) is 11.4. The molecule has 0 heterocycles. The molecule has 0 fully saturated rings. The van der Waals surface area contributed by atoms with Crippen molar-refractivity contribution in [1.82, 2.24) is 16.0 Å². The molecule has 0 aliphatic heterocycles. The van der Waals surface area contributed by atoms with Crippen LogP contribution in [-0.2, 0) is 33.6 Å². The Labute approximate surface area is 187 Å². The molecule has 0 aromatic heterocycles. The number of carbonyl (C=O) groups is 7. The molecule has 0 aromatic rings. The molecule has 186 valence electrons. The number of rotatable bonds is 15. The fourth-order valence-corrected chi connectivity index (χ4v) is 2.38. The Balaban J connectivity index is 5.56. The van der Waals surface area contributed by atoms with Gasteiger partial charge in [0.2, 0.25) is 29.5 Å². The van der Waals surface area contributed by atoms with E-state index in [0.29, 0.717) is 0 Å². The standard InChI is InChI=1S/C17H28N6O10/c1-6(24)13(20)16(31)23-9(5-11(19)26)15(30)22-8(4-10(18)25)14(29)21-7(17(32)33)2-3-12(27)28/h6-9,13,24H,2-5,20H2,1H3,(H2,18,25)(H2,19,26)(H,21,29)(H,22,30)(H,23,31)(H,27,28)(H,32,33). The number of nitrogens with two attached hydrogens (primary N) is 3. The van der Waals surface area contributed by atoms with Gasteiger partial charge in [0.25, 0.3) is 0 Å². The third-order valence-corrected chi connectivity index (χ3v) is 4.16. The zero-order chi connectivity index (χ0) is 25.9. The van der Waals surface area contributed by atoms with Crippen LogP contribution in [0.5, 0.6) is 0 Å². The van der Waals surface area contributed by atoms with E-state index in [0.717, 1.165) is 0 Å². The lowest BCUT2D eigenvalue weighted by molar-refractivity contribution is -0.143. The molecule has 0 aliphatic rings. The van der Waals surface area contributed by atoms with Crippen molar-refractivity contribution in [2.75, 3.05) is 0 Å². The highest BCUT2D eigenvalue weighted by molar-refractivity contribution is 5.97. The first-order chi connectivity index (χ1) is 15.1. The summed E-state index contributed by atoms with van der Waals surface area (Å²) in [6, 6.07) is -6.53. The van der Waals surface area contributed by atoms with Crippen molar-refractivity contribution < 1.29 is 48.9 Å². The predicted molar refractivity (Wildman–Crippen MR) is 108 cm³/mol. The van der Waals surface area contributed by atoms with Crippen molar-refractivity contribution in [3.05, 3.63) is 0 Å². The number of hydrogen-bond acceptors (Lipinski definition) is 9. The molecule has 0 bridgehead atoms. The quantitative estimate of drug-likeness (QED) is 0.108. The highest BCUT2D eigenvalue weighted by Crippen LogP contribution is 2.03. The summed E-state index contributed by atoms with van der Waals surface area (Å²) in [7, 11) is 0. The Kier molecular flexibility index (Phi) is 12.0. The Morgan fingerprint density at radius 3 is 1.48 bits per heavy atom. The van der Waals surface area contributed by atoms with Gasteiger partial charge < -0.3 is 48.5 Å². The Hall–Kier alpha value is -3.79. The van der Waals surface area contributed by atoms with E-state index in [9.17, 15) is 38.7 Å². The van der Waals surface area contributed by atoms with Gasteiger partial charge in [0, 0.05) is 6.42 Å². The van der Waals surface area contributed by atoms with E-state index < -0.39 is 97.4 Å². The van der Waals surface area contributed by atoms with E-state index in [1.54, 1.807) is 0 Å². The lowest BCUT2D eigenvalue weighted by atomic mass is 10.1. The van der Waals surface area contributed by atoms with E-state index in [1.165, 1.54) is 6.92 Å². The first-order valence-corrected chi connectivity index (χ1v) is 9.51. The SMILES string of the molecule is CC(O)C(N)C(=O)NC(CC(N)=O)C(=O)NC(CC(N)=O)C(=O)NC(CCC(=O)O)C(=O)O. The summed E-state index contributed by atoms with van der Waals surface area (Å²) in [5.74, 6) is -8.38. The molecule has 5 amide bonds. The largest absolute Gasteiger partial charge is 0.481 e. The molecule has 0 aliphatic carbocycles. The van der Waals surface area contributed by atoms with Crippen molar-refractivity contribution in [2.24, 2.45) is 17.2 Å². The van der Waals surface area contributed by atoms with Crippen molar-refractivity contribution in [3.8, 4) is 0 Å². The van der Waals surface area contributed by atoms with Crippen LogP contribution in [0, 0.1) is 0 Å². The molecule has 0 spiro atoms. The molecular formula is C17H28N6O10. The van der Waals surface area contributed by atoms with Gasteiger partial charge in [-0.3, -0.25) is 28.8 Å². The number of amides is 5. The van der Waals surface area contributed by atoms with Crippen molar-refractivity contribution in [1.29, 1.82) is 0 Å². The number of aliphatic hydroxyl groups excluding tert-OH is 1. The Morgan fingerprint density at radius 2 is 1.15 bits per heavy atom. The number of carboxylic acid groups (broad SMARTS) is 2. The van der Waals surface area contributed by atoms with Gasteiger partial charge in [-0.1, -0.05) is 0 Å². The number of hydrogen-bond donors (Lipinski definition) is 9. The predicted octanol–water partition coefficient (Wildman–Crippen LogP) is -5.15. The minimum absolute atomic E-state index is 0.495. The van der Waals surface area contributed by atoms with Crippen molar-refractivity contribution in [2.45, 2.75) is 62.9 Å². The molecule has 0 rings (SSSR count). The Bertz CT molecular complexity index is 786. The molecule has 0 saturated carbocycles. The summed E-state index contributed by atoms with van der Waals surface area (Å²) in [6.45, 7) is 1.20. The maximum absolute atomic E-state index is 12.6. The maximum atomic E-state index is 12.6.